The molecule has 0 aliphatic heterocycles. The highest BCUT2D eigenvalue weighted by Crippen LogP contribution is 2.15. The molecule has 0 unspecified atom stereocenters. The zero-order chi connectivity index (χ0) is 15.6. The Kier molecular flexibility index (Phi) is 3.05. The lowest BCUT2D eigenvalue weighted by molar-refractivity contribution is 0.102. The number of para-hydroxylation sites is 2. The third kappa shape index (κ3) is 2.53. The van der Waals surface area contributed by atoms with Crippen LogP contribution in [0.15, 0.2) is 54.9 Å². The highest BCUT2D eigenvalue weighted by atomic mass is 16.1. The van der Waals surface area contributed by atoms with Gasteiger partial charge in [-0.1, -0.05) is 18.2 Å². The van der Waals surface area contributed by atoms with Gasteiger partial charge in [-0.15, -0.1) is 5.10 Å². The largest absolute Gasteiger partial charge is 0.324 e. The number of nitrogens with zero attached hydrogens (tertiary/aromatic N) is 5. The lowest BCUT2D eigenvalue weighted by Gasteiger charge is -2.04. The zero-order valence-corrected chi connectivity index (χ0v) is 11.8. The van der Waals surface area contributed by atoms with Crippen molar-refractivity contribution in [1.82, 2.24) is 30.2 Å². The number of aromatic amines is 1. The number of imidazole rings is 1. The van der Waals surface area contributed by atoms with Crippen LogP contribution in [0.2, 0.25) is 0 Å². The maximum Gasteiger partial charge on any atom is 0.258 e. The van der Waals surface area contributed by atoms with Gasteiger partial charge in [0, 0.05) is 5.56 Å². The number of hydrogen-bond acceptors (Lipinski definition) is 5. The average Bonchev–Trinajstić information content (AvgIpc) is 3.24. The molecule has 2 aromatic carbocycles. The predicted octanol–water partition coefficient (Wildman–Crippen LogP) is 1.79. The quantitative estimate of drug-likeness (QED) is 0.601. The van der Waals surface area contributed by atoms with Gasteiger partial charge in [-0.25, -0.2) is 9.67 Å². The fourth-order valence-corrected chi connectivity index (χ4v) is 2.26. The normalized spacial score (nSPS) is 10.8. The van der Waals surface area contributed by atoms with E-state index in [-0.39, 0.29) is 5.91 Å². The molecule has 0 aliphatic rings. The van der Waals surface area contributed by atoms with Crippen molar-refractivity contribution in [2.24, 2.45) is 0 Å². The molecular weight excluding hydrogens is 294 g/mol. The fraction of sp³-hybridized carbons (Fsp3) is 0. The first-order valence-electron chi connectivity index (χ1n) is 6.89. The van der Waals surface area contributed by atoms with Crippen molar-refractivity contribution in [3.05, 3.63) is 60.4 Å². The van der Waals surface area contributed by atoms with Crippen molar-refractivity contribution in [3.63, 3.8) is 0 Å². The first kappa shape index (κ1) is 13.1. The Morgan fingerprint density at radius 3 is 2.87 bits per heavy atom. The molecule has 4 aromatic rings. The van der Waals surface area contributed by atoms with Gasteiger partial charge < -0.3 is 4.98 Å². The van der Waals surface area contributed by atoms with Crippen LogP contribution < -0.4 is 5.32 Å². The summed E-state index contributed by atoms with van der Waals surface area (Å²) in [6, 6.07) is 14.6. The molecule has 8 nitrogen and oxygen atoms in total. The maximum absolute atomic E-state index is 12.4. The van der Waals surface area contributed by atoms with E-state index in [1.807, 2.05) is 30.3 Å². The molecule has 23 heavy (non-hydrogen) atoms. The summed E-state index contributed by atoms with van der Waals surface area (Å²) in [5.41, 5.74) is 2.85. The second kappa shape index (κ2) is 5.34. The van der Waals surface area contributed by atoms with Gasteiger partial charge in [0.25, 0.3) is 5.91 Å². The van der Waals surface area contributed by atoms with E-state index >= 15 is 0 Å². The van der Waals surface area contributed by atoms with Crippen molar-refractivity contribution in [2.75, 3.05) is 5.32 Å². The summed E-state index contributed by atoms with van der Waals surface area (Å²) >= 11 is 0. The van der Waals surface area contributed by atoms with Crippen LogP contribution in [0.3, 0.4) is 0 Å². The first-order chi connectivity index (χ1) is 11.3. The van der Waals surface area contributed by atoms with Gasteiger partial charge in [-0.2, -0.15) is 0 Å². The van der Waals surface area contributed by atoms with Gasteiger partial charge in [-0.3, -0.25) is 10.1 Å². The number of nitrogens with one attached hydrogen (secondary N) is 2. The zero-order valence-electron chi connectivity index (χ0n) is 11.8. The van der Waals surface area contributed by atoms with Crippen LogP contribution in [0.25, 0.3) is 16.7 Å². The summed E-state index contributed by atoms with van der Waals surface area (Å²) in [6.07, 6.45) is 1.47. The number of carbonyl (C=O) groups is 1. The van der Waals surface area contributed by atoms with Crippen molar-refractivity contribution in [1.29, 1.82) is 0 Å². The van der Waals surface area contributed by atoms with E-state index < -0.39 is 0 Å². The summed E-state index contributed by atoms with van der Waals surface area (Å²) in [7, 11) is 0. The van der Waals surface area contributed by atoms with E-state index in [0.29, 0.717) is 17.2 Å². The number of amides is 1. The SMILES string of the molecule is O=C(Nc1nc2ccccc2[nH]1)c1cccc(-n2cnnn2)c1. The number of carbonyl (C=O) groups excluding carboxylic acids is 1. The van der Waals surface area contributed by atoms with Crippen molar-refractivity contribution < 1.29 is 4.79 Å². The van der Waals surface area contributed by atoms with Crippen LogP contribution >= 0.6 is 0 Å². The summed E-state index contributed by atoms with van der Waals surface area (Å²) in [6.45, 7) is 0. The Morgan fingerprint density at radius 1 is 1.13 bits per heavy atom. The molecule has 2 N–H and O–H groups in total. The Bertz CT molecular complexity index is 941. The van der Waals surface area contributed by atoms with Crippen molar-refractivity contribution in [3.8, 4) is 5.69 Å². The van der Waals surface area contributed by atoms with E-state index in [0.717, 1.165) is 11.0 Å². The van der Waals surface area contributed by atoms with E-state index in [1.54, 1.807) is 18.2 Å². The summed E-state index contributed by atoms with van der Waals surface area (Å²) in [4.78, 5) is 19.8. The molecule has 112 valence electrons. The second-order valence-electron chi connectivity index (χ2n) is 4.86. The standard InChI is InChI=1S/C15H11N7O/c23-14(19-15-17-12-6-1-2-7-13(12)18-15)10-4-3-5-11(8-10)22-9-16-20-21-22/h1-9H,(H2,17,18,19,23). The minimum absolute atomic E-state index is 0.265. The molecule has 0 bridgehead atoms. The molecule has 2 aromatic heterocycles. The van der Waals surface area contributed by atoms with Crippen LogP contribution in [0.5, 0.6) is 0 Å². The van der Waals surface area contributed by atoms with Gasteiger partial charge in [0.15, 0.2) is 0 Å². The molecule has 0 atom stereocenters. The second-order valence-corrected chi connectivity index (χ2v) is 4.86. The fourth-order valence-electron chi connectivity index (χ4n) is 2.26. The Morgan fingerprint density at radius 2 is 2.04 bits per heavy atom. The lowest BCUT2D eigenvalue weighted by Crippen LogP contribution is -2.13. The molecule has 0 fully saturated rings. The minimum atomic E-state index is -0.265. The predicted molar refractivity (Wildman–Crippen MR) is 83.2 cm³/mol. The van der Waals surface area contributed by atoms with Crippen LogP contribution in [-0.2, 0) is 0 Å². The van der Waals surface area contributed by atoms with E-state index in [2.05, 4.69) is 30.8 Å². The Labute approximate surface area is 130 Å². The molecule has 1 amide bonds. The maximum atomic E-state index is 12.4. The molecule has 0 aliphatic carbocycles. The highest BCUT2D eigenvalue weighted by Gasteiger charge is 2.10. The highest BCUT2D eigenvalue weighted by molar-refractivity contribution is 6.04. The Balaban J connectivity index is 1.60. The molecule has 4 rings (SSSR count). The number of anilines is 1. The molecular formula is C15H11N7O. The summed E-state index contributed by atoms with van der Waals surface area (Å²) in [5.74, 6) is 0.142. The summed E-state index contributed by atoms with van der Waals surface area (Å²) in [5, 5.41) is 13.7. The van der Waals surface area contributed by atoms with Crippen LogP contribution in [0.1, 0.15) is 10.4 Å². The third-order valence-corrected chi connectivity index (χ3v) is 3.34. The van der Waals surface area contributed by atoms with Gasteiger partial charge in [0.2, 0.25) is 5.95 Å². The molecule has 0 spiro atoms. The first-order valence-corrected chi connectivity index (χ1v) is 6.89. The average molecular weight is 305 g/mol. The minimum Gasteiger partial charge on any atom is -0.324 e. The van der Waals surface area contributed by atoms with E-state index in [1.165, 1.54) is 11.0 Å². The molecule has 0 radical (unpaired) electrons. The smallest absolute Gasteiger partial charge is 0.258 e. The number of rotatable bonds is 3. The number of H-pyrrole nitrogens is 1. The molecule has 8 heteroatoms. The monoisotopic (exact) mass is 305 g/mol. The van der Waals surface area contributed by atoms with Gasteiger partial charge in [0.1, 0.15) is 6.33 Å². The van der Waals surface area contributed by atoms with Crippen molar-refractivity contribution >= 4 is 22.9 Å². The number of fused-ring (bicyclic) bond motifs is 1. The number of benzene rings is 2. The number of tetrazole rings is 1. The van der Waals surface area contributed by atoms with E-state index in [4.69, 9.17) is 0 Å². The van der Waals surface area contributed by atoms with Crippen LogP contribution in [0.4, 0.5) is 5.95 Å². The lowest BCUT2D eigenvalue weighted by atomic mass is 10.2. The number of aromatic nitrogens is 6. The molecule has 0 saturated heterocycles. The van der Waals surface area contributed by atoms with Gasteiger partial charge in [0.05, 0.1) is 16.7 Å². The molecule has 2 heterocycles. The topological polar surface area (TPSA) is 101 Å². The van der Waals surface area contributed by atoms with Gasteiger partial charge >= 0.3 is 0 Å². The summed E-state index contributed by atoms with van der Waals surface area (Å²) < 4.78 is 1.48. The van der Waals surface area contributed by atoms with E-state index in [9.17, 15) is 4.79 Å². The van der Waals surface area contributed by atoms with Gasteiger partial charge in [-0.05, 0) is 40.8 Å². The molecule has 0 saturated carbocycles. The number of hydrogen-bond donors (Lipinski definition) is 2. The van der Waals surface area contributed by atoms with Crippen LogP contribution in [0, 0.1) is 0 Å². The third-order valence-electron chi connectivity index (χ3n) is 3.34. The Hall–Kier alpha value is -3.55. The van der Waals surface area contributed by atoms with Crippen molar-refractivity contribution in [2.45, 2.75) is 0 Å². The van der Waals surface area contributed by atoms with Crippen LogP contribution in [-0.4, -0.2) is 36.1 Å².